The summed E-state index contributed by atoms with van der Waals surface area (Å²) in [5.41, 5.74) is 3.71. The van der Waals surface area contributed by atoms with Gasteiger partial charge in [0.25, 0.3) is 5.91 Å². The second kappa shape index (κ2) is 8.63. The number of furan rings is 1. The molecule has 1 aromatic heterocycles. The average Bonchev–Trinajstić information content (AvgIpc) is 3.25. The number of rotatable bonds is 5. The van der Waals surface area contributed by atoms with Gasteiger partial charge in [-0.05, 0) is 47.5 Å². The van der Waals surface area contributed by atoms with Crippen molar-refractivity contribution in [2.24, 2.45) is 0 Å². The number of carbonyl (C=O) groups excluding carboxylic acids is 1. The molecule has 0 bridgehead atoms. The Morgan fingerprint density at radius 3 is 2.24 bits per heavy atom. The van der Waals surface area contributed by atoms with Gasteiger partial charge in [0.2, 0.25) is 0 Å². The molecule has 1 amide bonds. The largest absolute Gasteiger partial charge is 0.451 e. The zero-order chi connectivity index (χ0) is 20.1. The maximum absolute atomic E-state index is 12.5. The van der Waals surface area contributed by atoms with Crippen molar-refractivity contribution >= 4 is 35.3 Å². The molecule has 0 unspecified atom stereocenters. The predicted octanol–water partition coefficient (Wildman–Crippen LogP) is 7.02. The van der Waals surface area contributed by atoms with Crippen molar-refractivity contribution in [1.29, 1.82) is 0 Å². The summed E-state index contributed by atoms with van der Waals surface area (Å²) in [5.74, 6) is 0.540. The fourth-order valence-corrected chi connectivity index (χ4v) is 3.07. The van der Waals surface area contributed by atoms with Crippen molar-refractivity contribution in [3.8, 4) is 11.3 Å². The Morgan fingerprint density at radius 2 is 1.52 bits per heavy atom. The van der Waals surface area contributed by atoms with Crippen LogP contribution in [0.3, 0.4) is 0 Å². The van der Waals surface area contributed by atoms with Gasteiger partial charge in [-0.25, -0.2) is 0 Å². The van der Waals surface area contributed by atoms with Crippen LogP contribution >= 0.6 is 11.6 Å². The van der Waals surface area contributed by atoms with Crippen molar-refractivity contribution in [1.82, 2.24) is 0 Å². The molecule has 4 heteroatoms. The predicted molar refractivity (Wildman–Crippen MR) is 119 cm³/mol. The SMILES string of the molecule is O=C(Nc1ccc(C=Cc2ccccc2)cc1)c1ccc(-c2cccc(Cl)c2)o1. The molecule has 1 N–H and O–H groups in total. The van der Waals surface area contributed by atoms with E-state index in [1.807, 2.05) is 78.9 Å². The fraction of sp³-hybridized carbons (Fsp3) is 0. The van der Waals surface area contributed by atoms with Crippen LogP contribution < -0.4 is 5.32 Å². The molecule has 0 aliphatic rings. The molecule has 3 aromatic carbocycles. The Labute approximate surface area is 174 Å². The number of anilines is 1. The summed E-state index contributed by atoms with van der Waals surface area (Å²) >= 11 is 6.02. The highest BCUT2D eigenvalue weighted by Gasteiger charge is 2.12. The second-order valence-electron chi connectivity index (χ2n) is 6.49. The zero-order valence-corrected chi connectivity index (χ0v) is 16.3. The average molecular weight is 400 g/mol. The van der Waals surface area contributed by atoms with E-state index >= 15 is 0 Å². The zero-order valence-electron chi connectivity index (χ0n) is 15.5. The molecule has 29 heavy (non-hydrogen) atoms. The first-order valence-corrected chi connectivity index (χ1v) is 9.55. The molecule has 4 aromatic rings. The summed E-state index contributed by atoms with van der Waals surface area (Å²) in [7, 11) is 0. The lowest BCUT2D eigenvalue weighted by molar-refractivity contribution is 0.0997. The van der Waals surface area contributed by atoms with Gasteiger partial charge in [-0.15, -0.1) is 0 Å². The molecule has 0 radical (unpaired) electrons. The molecule has 0 atom stereocenters. The Bertz CT molecular complexity index is 1140. The van der Waals surface area contributed by atoms with Crippen LogP contribution in [0.2, 0.25) is 5.02 Å². The summed E-state index contributed by atoms with van der Waals surface area (Å²) in [6, 6.07) is 28.5. The van der Waals surface area contributed by atoms with Gasteiger partial charge in [-0.1, -0.05) is 78.4 Å². The highest BCUT2D eigenvalue weighted by Crippen LogP contribution is 2.25. The molecule has 142 valence electrons. The number of amides is 1. The van der Waals surface area contributed by atoms with Crippen molar-refractivity contribution in [3.63, 3.8) is 0 Å². The maximum atomic E-state index is 12.5. The molecule has 3 nitrogen and oxygen atoms in total. The number of carbonyl (C=O) groups is 1. The lowest BCUT2D eigenvalue weighted by atomic mass is 10.1. The number of hydrogen-bond donors (Lipinski definition) is 1. The minimum Gasteiger partial charge on any atom is -0.451 e. The van der Waals surface area contributed by atoms with E-state index in [2.05, 4.69) is 5.32 Å². The Hall–Kier alpha value is -3.56. The van der Waals surface area contributed by atoms with E-state index in [4.69, 9.17) is 16.0 Å². The van der Waals surface area contributed by atoms with E-state index in [9.17, 15) is 4.79 Å². The molecule has 0 aliphatic heterocycles. The molecular formula is C25H18ClNO2. The monoisotopic (exact) mass is 399 g/mol. The van der Waals surface area contributed by atoms with E-state index < -0.39 is 0 Å². The van der Waals surface area contributed by atoms with Crippen LogP contribution in [0.5, 0.6) is 0 Å². The number of hydrogen-bond acceptors (Lipinski definition) is 2. The van der Waals surface area contributed by atoms with Crippen LogP contribution in [0, 0.1) is 0 Å². The summed E-state index contributed by atoms with van der Waals surface area (Å²) in [5, 5.41) is 3.47. The van der Waals surface area contributed by atoms with Gasteiger partial charge >= 0.3 is 0 Å². The van der Waals surface area contributed by atoms with Gasteiger partial charge in [0.05, 0.1) is 0 Å². The number of halogens is 1. The number of nitrogens with one attached hydrogen (secondary N) is 1. The molecule has 1 heterocycles. The Kier molecular flexibility index (Phi) is 5.59. The fourth-order valence-electron chi connectivity index (χ4n) is 2.88. The lowest BCUT2D eigenvalue weighted by Gasteiger charge is -2.04. The molecule has 4 rings (SSSR count). The van der Waals surface area contributed by atoms with E-state index in [1.165, 1.54) is 0 Å². The van der Waals surface area contributed by atoms with Gasteiger partial charge in [-0.3, -0.25) is 4.79 Å². The lowest BCUT2D eigenvalue weighted by Crippen LogP contribution is -2.10. The van der Waals surface area contributed by atoms with Crippen LogP contribution in [-0.4, -0.2) is 5.91 Å². The third-order valence-electron chi connectivity index (χ3n) is 4.38. The second-order valence-corrected chi connectivity index (χ2v) is 6.93. The van der Waals surface area contributed by atoms with E-state index in [0.29, 0.717) is 16.5 Å². The van der Waals surface area contributed by atoms with Crippen LogP contribution in [0.1, 0.15) is 21.7 Å². The van der Waals surface area contributed by atoms with Crippen LogP contribution in [-0.2, 0) is 0 Å². The van der Waals surface area contributed by atoms with E-state index in [1.54, 1.807) is 24.3 Å². The van der Waals surface area contributed by atoms with E-state index in [0.717, 1.165) is 16.7 Å². The summed E-state index contributed by atoms with van der Waals surface area (Å²) in [6.07, 6.45) is 4.08. The Balaban J connectivity index is 1.42. The van der Waals surface area contributed by atoms with Crippen LogP contribution in [0.25, 0.3) is 23.5 Å². The highest BCUT2D eigenvalue weighted by molar-refractivity contribution is 6.30. The summed E-state index contributed by atoms with van der Waals surface area (Å²) in [6.45, 7) is 0. The molecule has 0 fully saturated rings. The van der Waals surface area contributed by atoms with Gasteiger partial charge in [0.15, 0.2) is 5.76 Å². The topological polar surface area (TPSA) is 42.2 Å². The summed E-state index contributed by atoms with van der Waals surface area (Å²) < 4.78 is 5.69. The quantitative estimate of drug-likeness (QED) is 0.366. The molecule has 0 saturated carbocycles. The normalized spacial score (nSPS) is 10.9. The smallest absolute Gasteiger partial charge is 0.291 e. The third-order valence-corrected chi connectivity index (χ3v) is 4.61. The minimum atomic E-state index is -0.300. The van der Waals surface area contributed by atoms with Gasteiger partial charge in [0, 0.05) is 16.3 Å². The van der Waals surface area contributed by atoms with Gasteiger partial charge < -0.3 is 9.73 Å². The highest BCUT2D eigenvalue weighted by atomic mass is 35.5. The molecule has 0 spiro atoms. The van der Waals surface area contributed by atoms with Crippen molar-refractivity contribution in [3.05, 3.63) is 113 Å². The third kappa shape index (κ3) is 4.84. The molecule has 0 saturated heterocycles. The van der Waals surface area contributed by atoms with Gasteiger partial charge in [-0.2, -0.15) is 0 Å². The number of benzene rings is 3. The first-order chi connectivity index (χ1) is 14.2. The van der Waals surface area contributed by atoms with Crippen LogP contribution in [0.15, 0.2) is 95.4 Å². The van der Waals surface area contributed by atoms with Crippen molar-refractivity contribution in [2.45, 2.75) is 0 Å². The molecule has 0 aliphatic carbocycles. The summed E-state index contributed by atoms with van der Waals surface area (Å²) in [4.78, 5) is 12.5. The van der Waals surface area contributed by atoms with Crippen molar-refractivity contribution < 1.29 is 9.21 Å². The van der Waals surface area contributed by atoms with E-state index in [-0.39, 0.29) is 11.7 Å². The molecular weight excluding hydrogens is 382 g/mol. The standard InChI is InChI=1S/C25H18ClNO2/c26-21-8-4-7-20(17-21)23-15-16-24(29-23)25(28)27-22-13-11-19(12-14-22)10-9-18-5-2-1-3-6-18/h1-17H,(H,27,28). The van der Waals surface area contributed by atoms with Crippen molar-refractivity contribution in [2.75, 3.05) is 5.32 Å². The first-order valence-electron chi connectivity index (χ1n) is 9.18. The minimum absolute atomic E-state index is 0.244. The Morgan fingerprint density at radius 1 is 0.793 bits per heavy atom. The maximum Gasteiger partial charge on any atom is 0.291 e. The van der Waals surface area contributed by atoms with Crippen LogP contribution in [0.4, 0.5) is 5.69 Å². The van der Waals surface area contributed by atoms with Gasteiger partial charge in [0.1, 0.15) is 5.76 Å². The first kappa shape index (κ1) is 18.8.